The van der Waals surface area contributed by atoms with Crippen LogP contribution in [-0.4, -0.2) is 54.3 Å². The molecule has 156 valence electrons. The summed E-state index contributed by atoms with van der Waals surface area (Å²) in [5, 5.41) is 4.02. The number of amides is 2. The van der Waals surface area contributed by atoms with Crippen LogP contribution >= 0.6 is 11.8 Å². The Morgan fingerprint density at radius 1 is 1.03 bits per heavy atom. The van der Waals surface area contributed by atoms with Gasteiger partial charge < -0.3 is 9.80 Å². The maximum absolute atomic E-state index is 11.9. The second-order valence-corrected chi connectivity index (χ2v) is 8.84. The molecule has 5 rings (SSSR count). The van der Waals surface area contributed by atoms with Crippen molar-refractivity contribution in [3.05, 3.63) is 65.3 Å². The number of carbonyl (C=O) groups excluding carboxylic acids is 2. The monoisotopic (exact) mass is 430 g/mol. The third-order valence-electron chi connectivity index (χ3n) is 5.75. The van der Waals surface area contributed by atoms with Crippen LogP contribution in [-0.2, 0) is 4.79 Å². The van der Waals surface area contributed by atoms with E-state index < -0.39 is 0 Å². The average molecular weight is 431 g/mol. The predicted molar refractivity (Wildman–Crippen MR) is 126 cm³/mol. The van der Waals surface area contributed by atoms with Crippen molar-refractivity contribution in [1.82, 2.24) is 15.2 Å². The lowest BCUT2D eigenvalue weighted by atomic mass is 9.98. The molecule has 2 fully saturated rings. The number of hydrogen-bond donors (Lipinski definition) is 1. The summed E-state index contributed by atoms with van der Waals surface area (Å²) in [6.07, 6.45) is 3.47. The van der Waals surface area contributed by atoms with Crippen molar-refractivity contribution in [3.8, 4) is 11.1 Å². The number of nitrogens with one attached hydrogen (secondary N) is 1. The quantitative estimate of drug-likeness (QED) is 0.634. The summed E-state index contributed by atoms with van der Waals surface area (Å²) < 4.78 is 0. The van der Waals surface area contributed by atoms with Gasteiger partial charge in [0.05, 0.1) is 10.6 Å². The summed E-state index contributed by atoms with van der Waals surface area (Å²) in [7, 11) is 2.16. The molecule has 2 aliphatic heterocycles. The van der Waals surface area contributed by atoms with E-state index in [9.17, 15) is 9.59 Å². The summed E-state index contributed by atoms with van der Waals surface area (Å²) in [6, 6.07) is 16.9. The van der Waals surface area contributed by atoms with E-state index in [0.29, 0.717) is 10.6 Å². The number of piperazine rings is 1. The molecule has 3 aromatic rings. The van der Waals surface area contributed by atoms with Crippen molar-refractivity contribution in [2.45, 2.75) is 0 Å². The Labute approximate surface area is 184 Å². The number of likely N-dealkylation sites (N-methyl/N-ethyl adjacent to an activating group) is 1. The van der Waals surface area contributed by atoms with Crippen molar-refractivity contribution in [3.63, 3.8) is 0 Å². The molecule has 3 heterocycles. The Hall–Kier alpha value is -3.16. The summed E-state index contributed by atoms with van der Waals surface area (Å²) in [6.45, 7) is 4.25. The Kier molecular flexibility index (Phi) is 5.21. The van der Waals surface area contributed by atoms with Crippen LogP contribution < -0.4 is 10.2 Å². The number of fused-ring (bicyclic) bond motifs is 1. The van der Waals surface area contributed by atoms with Crippen LogP contribution in [0.25, 0.3) is 28.0 Å². The van der Waals surface area contributed by atoms with Crippen LogP contribution in [0.5, 0.6) is 0 Å². The Balaban J connectivity index is 1.47. The standard InChI is InChI=1S/C24H22N4O2S/c1-27-9-11-28(12-10-27)19-7-5-16(6-8-19)20-4-2-3-17-15-25-18(13-21(17)20)14-22-23(29)26-24(30)31-22/h2-8,13-15H,9-12H2,1H3,(H,26,29,30). The molecule has 2 saturated heterocycles. The highest BCUT2D eigenvalue weighted by molar-refractivity contribution is 8.18. The normalized spacial score (nSPS) is 18.7. The molecule has 0 bridgehead atoms. The molecule has 2 aliphatic rings. The van der Waals surface area contributed by atoms with Crippen LogP contribution in [0.15, 0.2) is 59.6 Å². The molecule has 31 heavy (non-hydrogen) atoms. The lowest BCUT2D eigenvalue weighted by Crippen LogP contribution is -2.44. The molecule has 0 radical (unpaired) electrons. The van der Waals surface area contributed by atoms with Crippen molar-refractivity contribution in [2.75, 3.05) is 38.1 Å². The van der Waals surface area contributed by atoms with Crippen molar-refractivity contribution in [1.29, 1.82) is 0 Å². The minimum atomic E-state index is -0.371. The number of benzene rings is 2. The SMILES string of the molecule is CN1CCN(c2ccc(-c3cccc4cnc(C=C5SC(=O)NC5=O)cc34)cc2)CC1. The Morgan fingerprint density at radius 2 is 1.81 bits per heavy atom. The number of pyridine rings is 1. The molecule has 0 aliphatic carbocycles. The molecule has 2 amide bonds. The minimum absolute atomic E-state index is 0.349. The maximum atomic E-state index is 11.9. The van der Waals surface area contributed by atoms with E-state index in [1.807, 2.05) is 24.4 Å². The summed E-state index contributed by atoms with van der Waals surface area (Å²) in [5.74, 6) is -0.371. The van der Waals surface area contributed by atoms with Crippen LogP contribution in [0.3, 0.4) is 0 Å². The molecule has 0 saturated carbocycles. The minimum Gasteiger partial charge on any atom is -0.369 e. The zero-order chi connectivity index (χ0) is 21.4. The third-order valence-corrected chi connectivity index (χ3v) is 6.56. The summed E-state index contributed by atoms with van der Waals surface area (Å²) >= 11 is 0.904. The van der Waals surface area contributed by atoms with Crippen LogP contribution in [0, 0.1) is 0 Å². The fourth-order valence-electron chi connectivity index (χ4n) is 3.99. The smallest absolute Gasteiger partial charge is 0.290 e. The first-order chi connectivity index (χ1) is 15.1. The largest absolute Gasteiger partial charge is 0.369 e. The maximum Gasteiger partial charge on any atom is 0.290 e. The molecule has 0 unspecified atom stereocenters. The van der Waals surface area contributed by atoms with Crippen LogP contribution in [0.2, 0.25) is 0 Å². The van der Waals surface area contributed by atoms with Crippen molar-refractivity contribution < 1.29 is 9.59 Å². The predicted octanol–water partition coefficient (Wildman–Crippen LogP) is 3.98. The van der Waals surface area contributed by atoms with Gasteiger partial charge in [0.25, 0.3) is 11.1 Å². The molecule has 0 spiro atoms. The Morgan fingerprint density at radius 3 is 2.52 bits per heavy atom. The average Bonchev–Trinajstić information content (AvgIpc) is 3.10. The summed E-state index contributed by atoms with van der Waals surface area (Å²) in [5.41, 5.74) is 4.15. The number of nitrogens with zero attached hydrogens (tertiary/aromatic N) is 3. The lowest BCUT2D eigenvalue weighted by Gasteiger charge is -2.34. The van der Waals surface area contributed by atoms with E-state index in [0.717, 1.165) is 59.8 Å². The van der Waals surface area contributed by atoms with E-state index in [1.165, 1.54) is 5.69 Å². The molecule has 6 nitrogen and oxygen atoms in total. The number of aromatic nitrogens is 1. The van der Waals surface area contributed by atoms with Gasteiger partial charge in [-0.2, -0.15) is 0 Å². The fourth-order valence-corrected chi connectivity index (χ4v) is 4.66. The van der Waals surface area contributed by atoms with Gasteiger partial charge in [-0.1, -0.05) is 30.3 Å². The first kappa shape index (κ1) is 19.8. The number of anilines is 1. The molecule has 7 heteroatoms. The van der Waals surface area contributed by atoms with Gasteiger partial charge >= 0.3 is 0 Å². The second kappa shape index (κ2) is 8.17. The Bertz CT molecular complexity index is 1200. The van der Waals surface area contributed by atoms with Gasteiger partial charge in [0.15, 0.2) is 0 Å². The van der Waals surface area contributed by atoms with Gasteiger partial charge in [0, 0.05) is 43.4 Å². The number of carbonyl (C=O) groups is 2. The highest BCUT2D eigenvalue weighted by atomic mass is 32.2. The van der Waals surface area contributed by atoms with Gasteiger partial charge in [0.2, 0.25) is 0 Å². The molecule has 0 atom stereocenters. The van der Waals surface area contributed by atoms with Gasteiger partial charge in [-0.15, -0.1) is 0 Å². The van der Waals surface area contributed by atoms with Gasteiger partial charge in [0.1, 0.15) is 0 Å². The fraction of sp³-hybridized carbons (Fsp3) is 0.208. The molecule has 1 N–H and O–H groups in total. The molecular formula is C24H22N4O2S. The zero-order valence-electron chi connectivity index (χ0n) is 17.2. The van der Waals surface area contributed by atoms with E-state index in [1.54, 1.807) is 6.08 Å². The summed E-state index contributed by atoms with van der Waals surface area (Å²) in [4.78, 5) is 32.9. The van der Waals surface area contributed by atoms with Crippen molar-refractivity contribution >= 4 is 45.4 Å². The molecular weight excluding hydrogens is 408 g/mol. The topological polar surface area (TPSA) is 65.5 Å². The highest BCUT2D eigenvalue weighted by Crippen LogP contribution is 2.32. The van der Waals surface area contributed by atoms with Gasteiger partial charge in [-0.3, -0.25) is 19.9 Å². The number of imide groups is 1. The molecule has 2 aromatic carbocycles. The third kappa shape index (κ3) is 4.06. The first-order valence-electron chi connectivity index (χ1n) is 10.2. The number of thioether (sulfide) groups is 1. The zero-order valence-corrected chi connectivity index (χ0v) is 18.0. The van der Waals surface area contributed by atoms with E-state index in [-0.39, 0.29) is 11.1 Å². The highest BCUT2D eigenvalue weighted by Gasteiger charge is 2.25. The van der Waals surface area contributed by atoms with Crippen LogP contribution in [0.4, 0.5) is 10.5 Å². The van der Waals surface area contributed by atoms with Crippen molar-refractivity contribution in [2.24, 2.45) is 0 Å². The first-order valence-corrected chi connectivity index (χ1v) is 11.1. The number of rotatable bonds is 3. The second-order valence-electron chi connectivity index (χ2n) is 7.83. The van der Waals surface area contributed by atoms with Crippen LogP contribution in [0.1, 0.15) is 5.69 Å². The van der Waals surface area contributed by atoms with E-state index >= 15 is 0 Å². The van der Waals surface area contributed by atoms with E-state index in [4.69, 9.17) is 0 Å². The van der Waals surface area contributed by atoms with Gasteiger partial charge in [-0.05, 0) is 59.6 Å². The lowest BCUT2D eigenvalue weighted by molar-refractivity contribution is -0.115. The molecule has 1 aromatic heterocycles. The van der Waals surface area contributed by atoms with Gasteiger partial charge in [-0.25, -0.2) is 0 Å². The number of hydrogen-bond acceptors (Lipinski definition) is 6. The van der Waals surface area contributed by atoms with E-state index in [2.05, 4.69) is 57.5 Å².